The van der Waals surface area contributed by atoms with Gasteiger partial charge in [0, 0.05) is 25.6 Å². The van der Waals surface area contributed by atoms with E-state index in [4.69, 9.17) is 5.73 Å². The molecule has 1 aliphatic heterocycles. The number of carbonyl (C=O) groups is 1. The molecule has 0 aliphatic carbocycles. The third-order valence-electron chi connectivity index (χ3n) is 4.03. The van der Waals surface area contributed by atoms with Crippen molar-refractivity contribution in [2.45, 2.75) is 60.4 Å². The number of hydrogen-bond donors (Lipinski definition) is 1. The van der Waals surface area contributed by atoms with Crippen molar-refractivity contribution < 1.29 is 4.79 Å². The molecule has 0 saturated heterocycles. The molecular weight excluding hydrogens is 236 g/mol. The number of nitrogens with zero attached hydrogens (tertiary/aromatic N) is 1. The lowest BCUT2D eigenvalue weighted by molar-refractivity contribution is -0.131. The molecule has 0 aromatic rings. The first-order chi connectivity index (χ1) is 8.51. The van der Waals surface area contributed by atoms with Crippen LogP contribution in [-0.4, -0.2) is 29.9 Å². The minimum Gasteiger partial charge on any atom is -0.339 e. The van der Waals surface area contributed by atoms with Crippen molar-refractivity contribution in [3.05, 3.63) is 11.6 Å². The van der Waals surface area contributed by atoms with Gasteiger partial charge >= 0.3 is 0 Å². The van der Waals surface area contributed by atoms with E-state index in [1.54, 1.807) is 0 Å². The normalized spacial score (nSPS) is 19.1. The first-order valence-electron chi connectivity index (χ1n) is 7.24. The molecule has 1 amide bonds. The molecule has 110 valence electrons. The molecule has 1 heterocycles. The Hall–Kier alpha value is -0.830. The summed E-state index contributed by atoms with van der Waals surface area (Å²) in [5.41, 5.74) is 7.75. The van der Waals surface area contributed by atoms with Crippen LogP contribution in [0.3, 0.4) is 0 Å². The van der Waals surface area contributed by atoms with Gasteiger partial charge in [0.1, 0.15) is 0 Å². The SMILES string of the molecule is CC(C)(C)C1=CCN(C(=O)CC(N)C(C)(C)C)CC1. The number of amides is 1. The van der Waals surface area contributed by atoms with Crippen LogP contribution in [0, 0.1) is 10.8 Å². The van der Waals surface area contributed by atoms with Crippen LogP contribution >= 0.6 is 0 Å². The summed E-state index contributed by atoms with van der Waals surface area (Å²) in [7, 11) is 0. The topological polar surface area (TPSA) is 46.3 Å². The van der Waals surface area contributed by atoms with Gasteiger partial charge in [0.25, 0.3) is 0 Å². The molecule has 1 rings (SSSR count). The second-order valence-electron chi connectivity index (χ2n) is 7.75. The van der Waals surface area contributed by atoms with Gasteiger partial charge in [-0.15, -0.1) is 0 Å². The Bertz CT molecular complexity index is 358. The zero-order chi connectivity index (χ0) is 14.8. The van der Waals surface area contributed by atoms with Crippen LogP contribution < -0.4 is 5.73 Å². The van der Waals surface area contributed by atoms with Crippen molar-refractivity contribution in [2.24, 2.45) is 16.6 Å². The predicted molar refractivity (Wildman–Crippen MR) is 80.8 cm³/mol. The van der Waals surface area contributed by atoms with Crippen molar-refractivity contribution in [1.82, 2.24) is 4.90 Å². The summed E-state index contributed by atoms with van der Waals surface area (Å²) < 4.78 is 0. The molecule has 1 unspecified atom stereocenters. The van der Waals surface area contributed by atoms with Gasteiger partial charge in [-0.25, -0.2) is 0 Å². The van der Waals surface area contributed by atoms with Crippen LogP contribution in [0.4, 0.5) is 0 Å². The second kappa shape index (κ2) is 5.66. The van der Waals surface area contributed by atoms with Crippen LogP contribution in [-0.2, 0) is 4.79 Å². The fourth-order valence-corrected chi connectivity index (χ4v) is 2.20. The molecule has 0 spiro atoms. The lowest BCUT2D eigenvalue weighted by Crippen LogP contribution is -2.43. The summed E-state index contributed by atoms with van der Waals surface area (Å²) in [5, 5.41) is 0. The summed E-state index contributed by atoms with van der Waals surface area (Å²) in [6.07, 6.45) is 3.65. The highest BCUT2D eigenvalue weighted by atomic mass is 16.2. The standard InChI is InChI=1S/C16H30N2O/c1-15(2,3)12-7-9-18(10-8-12)14(19)11-13(17)16(4,5)6/h7,13H,8-11,17H2,1-6H3. The van der Waals surface area contributed by atoms with Crippen LogP contribution in [0.15, 0.2) is 11.6 Å². The maximum atomic E-state index is 12.2. The Kier molecular flexibility index (Phi) is 4.83. The molecule has 0 bridgehead atoms. The molecular formula is C16H30N2O. The van der Waals surface area contributed by atoms with Crippen LogP contribution in [0.5, 0.6) is 0 Å². The molecule has 2 N–H and O–H groups in total. The lowest BCUT2D eigenvalue weighted by Gasteiger charge is -2.34. The quantitative estimate of drug-likeness (QED) is 0.781. The van der Waals surface area contributed by atoms with E-state index >= 15 is 0 Å². The molecule has 19 heavy (non-hydrogen) atoms. The Labute approximate surface area is 118 Å². The fraction of sp³-hybridized carbons (Fsp3) is 0.812. The van der Waals surface area contributed by atoms with E-state index in [9.17, 15) is 4.79 Å². The highest BCUT2D eigenvalue weighted by molar-refractivity contribution is 5.77. The Morgan fingerprint density at radius 3 is 2.26 bits per heavy atom. The van der Waals surface area contributed by atoms with Crippen LogP contribution in [0.2, 0.25) is 0 Å². The Morgan fingerprint density at radius 1 is 1.32 bits per heavy atom. The second-order valence-corrected chi connectivity index (χ2v) is 7.75. The first kappa shape index (κ1) is 16.2. The monoisotopic (exact) mass is 266 g/mol. The molecule has 3 heteroatoms. The van der Waals surface area contributed by atoms with Crippen LogP contribution in [0.1, 0.15) is 54.4 Å². The minimum atomic E-state index is -0.0759. The molecule has 1 aliphatic rings. The average Bonchev–Trinajstić information content (AvgIpc) is 2.26. The van der Waals surface area contributed by atoms with E-state index in [0.717, 1.165) is 19.5 Å². The van der Waals surface area contributed by atoms with Crippen LogP contribution in [0.25, 0.3) is 0 Å². The Morgan fingerprint density at radius 2 is 1.89 bits per heavy atom. The third kappa shape index (κ3) is 4.64. The van der Waals surface area contributed by atoms with Gasteiger partial charge in [0.15, 0.2) is 0 Å². The van der Waals surface area contributed by atoms with E-state index in [2.05, 4.69) is 47.6 Å². The zero-order valence-electron chi connectivity index (χ0n) is 13.4. The maximum Gasteiger partial charge on any atom is 0.224 e. The van der Waals surface area contributed by atoms with Crippen molar-refractivity contribution in [2.75, 3.05) is 13.1 Å². The summed E-state index contributed by atoms with van der Waals surface area (Å²) in [6, 6.07) is -0.0759. The van der Waals surface area contributed by atoms with E-state index in [1.165, 1.54) is 5.57 Å². The smallest absolute Gasteiger partial charge is 0.224 e. The van der Waals surface area contributed by atoms with Gasteiger partial charge in [-0.05, 0) is 17.3 Å². The number of nitrogens with two attached hydrogens (primary N) is 1. The lowest BCUT2D eigenvalue weighted by atomic mass is 9.82. The van der Waals surface area contributed by atoms with E-state index in [-0.39, 0.29) is 22.8 Å². The van der Waals surface area contributed by atoms with Crippen molar-refractivity contribution >= 4 is 5.91 Å². The maximum absolute atomic E-state index is 12.2. The molecule has 0 radical (unpaired) electrons. The molecule has 0 fully saturated rings. The largest absolute Gasteiger partial charge is 0.339 e. The van der Waals surface area contributed by atoms with E-state index < -0.39 is 0 Å². The molecule has 0 saturated carbocycles. The van der Waals surface area contributed by atoms with E-state index in [0.29, 0.717) is 6.42 Å². The summed E-state index contributed by atoms with van der Waals surface area (Å²) in [5.74, 6) is 0.187. The number of carbonyl (C=O) groups excluding carboxylic acids is 1. The summed E-state index contributed by atoms with van der Waals surface area (Å²) in [6.45, 7) is 14.5. The van der Waals surface area contributed by atoms with Gasteiger partial charge in [0.2, 0.25) is 5.91 Å². The Balaban J connectivity index is 2.57. The van der Waals surface area contributed by atoms with Gasteiger partial charge in [-0.2, -0.15) is 0 Å². The van der Waals surface area contributed by atoms with Gasteiger partial charge < -0.3 is 10.6 Å². The number of hydrogen-bond acceptors (Lipinski definition) is 2. The number of rotatable bonds is 2. The summed E-state index contributed by atoms with van der Waals surface area (Å²) in [4.78, 5) is 14.2. The highest BCUT2D eigenvalue weighted by Gasteiger charge is 2.27. The first-order valence-corrected chi connectivity index (χ1v) is 7.24. The molecule has 3 nitrogen and oxygen atoms in total. The summed E-state index contributed by atoms with van der Waals surface area (Å²) >= 11 is 0. The zero-order valence-corrected chi connectivity index (χ0v) is 13.4. The molecule has 0 aromatic carbocycles. The minimum absolute atomic E-state index is 0.0160. The highest BCUT2D eigenvalue weighted by Crippen LogP contribution is 2.30. The molecule has 1 atom stereocenters. The average molecular weight is 266 g/mol. The van der Waals surface area contributed by atoms with Gasteiger partial charge in [-0.1, -0.05) is 53.2 Å². The van der Waals surface area contributed by atoms with Gasteiger partial charge in [-0.3, -0.25) is 4.79 Å². The van der Waals surface area contributed by atoms with Gasteiger partial charge in [0.05, 0.1) is 0 Å². The van der Waals surface area contributed by atoms with Crippen molar-refractivity contribution in [3.63, 3.8) is 0 Å². The van der Waals surface area contributed by atoms with Crippen molar-refractivity contribution in [3.8, 4) is 0 Å². The molecule has 0 aromatic heterocycles. The third-order valence-corrected chi connectivity index (χ3v) is 4.03. The van der Waals surface area contributed by atoms with E-state index in [1.807, 2.05) is 4.90 Å². The predicted octanol–water partition coefficient (Wildman–Crippen LogP) is 2.95. The fourth-order valence-electron chi connectivity index (χ4n) is 2.20. The van der Waals surface area contributed by atoms with Crippen molar-refractivity contribution in [1.29, 1.82) is 0 Å².